The molecule has 5 rings (SSSR count). The molecule has 0 bridgehead atoms. The van der Waals surface area contributed by atoms with E-state index in [0.29, 0.717) is 6.42 Å². The number of carbonyl (C=O) groups is 3. The highest BCUT2D eigenvalue weighted by atomic mass is 16.5. The molecule has 5 aliphatic rings. The van der Waals surface area contributed by atoms with Crippen molar-refractivity contribution in [1.29, 1.82) is 5.26 Å². The number of ether oxygens (including phenoxy) is 1. The van der Waals surface area contributed by atoms with Gasteiger partial charge in [-0.3, -0.25) is 14.4 Å². The van der Waals surface area contributed by atoms with Crippen LogP contribution in [0.1, 0.15) is 99.8 Å². The molecule has 202 valence electrons. The van der Waals surface area contributed by atoms with Gasteiger partial charge in [0.05, 0.1) is 18.1 Å². The highest BCUT2D eigenvalue weighted by Gasteiger charge is 2.73. The number of hydrogen-bond acceptors (Lipinski definition) is 5. The number of nitriles is 1. The van der Waals surface area contributed by atoms with Gasteiger partial charge in [0, 0.05) is 17.8 Å². The molecule has 0 aliphatic heterocycles. The van der Waals surface area contributed by atoms with Crippen LogP contribution in [0, 0.1) is 67.5 Å². The van der Waals surface area contributed by atoms with Crippen LogP contribution < -0.4 is 0 Å². The van der Waals surface area contributed by atoms with Crippen molar-refractivity contribution in [2.45, 2.75) is 99.8 Å². The molecule has 2 unspecified atom stereocenters. The van der Waals surface area contributed by atoms with E-state index in [1.54, 1.807) is 0 Å². The molecule has 5 heteroatoms. The fraction of sp³-hybridized carbons (Fsp3) is 0.812. The van der Waals surface area contributed by atoms with Gasteiger partial charge in [0.15, 0.2) is 5.78 Å². The summed E-state index contributed by atoms with van der Waals surface area (Å²) in [5, 5.41) is 9.88. The first-order chi connectivity index (χ1) is 17.0. The van der Waals surface area contributed by atoms with Crippen LogP contribution in [-0.4, -0.2) is 24.6 Å². The Bertz CT molecular complexity index is 1140. The summed E-state index contributed by atoms with van der Waals surface area (Å²) >= 11 is 0. The summed E-state index contributed by atoms with van der Waals surface area (Å²) < 4.78 is 5.42. The smallest absolute Gasteiger partial charge is 0.312 e. The molecule has 0 radical (unpaired) electrons. The van der Waals surface area contributed by atoms with Gasteiger partial charge in [-0.25, -0.2) is 0 Å². The molecule has 37 heavy (non-hydrogen) atoms. The highest BCUT2D eigenvalue weighted by molar-refractivity contribution is 6.04. The molecule has 5 aliphatic carbocycles. The highest BCUT2D eigenvalue weighted by Crippen LogP contribution is 2.75. The van der Waals surface area contributed by atoms with Gasteiger partial charge in [-0.05, 0) is 84.4 Å². The number of hydrogen-bond donors (Lipinski definition) is 0. The van der Waals surface area contributed by atoms with Crippen molar-refractivity contribution < 1.29 is 19.1 Å². The van der Waals surface area contributed by atoms with Gasteiger partial charge in [0.2, 0.25) is 0 Å². The van der Waals surface area contributed by atoms with Crippen molar-refractivity contribution in [2.75, 3.05) is 7.11 Å². The lowest BCUT2D eigenvalue weighted by Gasteiger charge is -2.71. The predicted octanol–water partition coefficient (Wildman–Crippen LogP) is 6.46. The van der Waals surface area contributed by atoms with Crippen LogP contribution in [0.15, 0.2) is 11.6 Å². The van der Waals surface area contributed by atoms with Crippen molar-refractivity contribution in [3.05, 3.63) is 11.6 Å². The van der Waals surface area contributed by atoms with Crippen LogP contribution in [-0.2, 0) is 19.1 Å². The minimum atomic E-state index is -0.628. The number of allylic oxidation sites excluding steroid dienone is 2. The van der Waals surface area contributed by atoms with E-state index in [2.05, 4.69) is 40.7 Å². The second kappa shape index (κ2) is 7.80. The Morgan fingerprint density at radius 1 is 0.946 bits per heavy atom. The Kier molecular flexibility index (Phi) is 5.61. The number of ketones is 2. The number of methoxy groups -OCH3 is 1. The van der Waals surface area contributed by atoms with Crippen molar-refractivity contribution in [3.8, 4) is 6.07 Å². The topological polar surface area (TPSA) is 84.2 Å². The van der Waals surface area contributed by atoms with E-state index in [1.807, 2.05) is 19.9 Å². The monoisotopic (exact) mass is 507 g/mol. The second-order valence-corrected chi connectivity index (χ2v) is 15.3. The summed E-state index contributed by atoms with van der Waals surface area (Å²) in [6, 6.07) is 2.20. The third-order valence-electron chi connectivity index (χ3n) is 13.1. The molecule has 0 amide bonds. The molecular formula is C32H45NO4. The average molecular weight is 508 g/mol. The quantitative estimate of drug-likeness (QED) is 0.380. The molecule has 0 aromatic rings. The normalized spacial score (nSPS) is 47.8. The average Bonchev–Trinajstić information content (AvgIpc) is 2.82. The largest absolute Gasteiger partial charge is 0.469 e. The summed E-state index contributed by atoms with van der Waals surface area (Å²) in [6.07, 6.45) is 8.52. The first-order valence-electron chi connectivity index (χ1n) is 14.3. The zero-order valence-corrected chi connectivity index (χ0v) is 24.1. The Balaban J connectivity index is 1.65. The maximum Gasteiger partial charge on any atom is 0.312 e. The third-order valence-corrected chi connectivity index (χ3v) is 13.1. The van der Waals surface area contributed by atoms with Gasteiger partial charge < -0.3 is 4.74 Å². The maximum atomic E-state index is 14.4. The summed E-state index contributed by atoms with van der Waals surface area (Å²) in [5.41, 5.74) is -1.63. The van der Waals surface area contributed by atoms with E-state index in [4.69, 9.17) is 4.74 Å². The van der Waals surface area contributed by atoms with E-state index in [1.165, 1.54) is 7.11 Å². The van der Waals surface area contributed by atoms with Gasteiger partial charge in [0.1, 0.15) is 11.9 Å². The molecule has 5 nitrogen and oxygen atoms in total. The molecule has 0 aromatic carbocycles. The van der Waals surface area contributed by atoms with E-state index in [9.17, 15) is 19.6 Å². The molecule has 0 N–H and O–H groups in total. The lowest BCUT2D eigenvalue weighted by molar-refractivity contribution is -0.226. The summed E-state index contributed by atoms with van der Waals surface area (Å²) in [7, 11) is 1.50. The maximum absolute atomic E-state index is 14.4. The van der Waals surface area contributed by atoms with Crippen LogP contribution in [0.25, 0.3) is 0 Å². The lowest BCUT2D eigenvalue weighted by Crippen LogP contribution is -2.69. The lowest BCUT2D eigenvalue weighted by atomic mass is 9.31. The molecule has 0 heterocycles. The van der Waals surface area contributed by atoms with Crippen molar-refractivity contribution in [3.63, 3.8) is 0 Å². The van der Waals surface area contributed by atoms with Crippen LogP contribution >= 0.6 is 0 Å². The third kappa shape index (κ3) is 3.17. The second-order valence-electron chi connectivity index (χ2n) is 15.3. The molecule has 4 saturated carbocycles. The van der Waals surface area contributed by atoms with Crippen LogP contribution in [0.2, 0.25) is 0 Å². The summed E-state index contributed by atoms with van der Waals surface area (Å²) in [5.74, 6) is 0.0839. The molecular weight excluding hydrogens is 462 g/mol. The zero-order chi connectivity index (χ0) is 27.4. The minimum absolute atomic E-state index is 0.00663. The fourth-order valence-electron chi connectivity index (χ4n) is 10.9. The first-order valence-corrected chi connectivity index (χ1v) is 14.3. The fourth-order valence-corrected chi connectivity index (χ4v) is 10.9. The number of rotatable bonds is 1. The van der Waals surface area contributed by atoms with Gasteiger partial charge in [0.25, 0.3) is 0 Å². The van der Waals surface area contributed by atoms with Crippen LogP contribution in [0.4, 0.5) is 0 Å². The van der Waals surface area contributed by atoms with Crippen LogP contribution in [0.5, 0.6) is 0 Å². The molecule has 0 aromatic heterocycles. The van der Waals surface area contributed by atoms with Crippen LogP contribution in [0.3, 0.4) is 0 Å². The van der Waals surface area contributed by atoms with Crippen molar-refractivity contribution in [2.24, 2.45) is 56.2 Å². The van der Waals surface area contributed by atoms with Crippen molar-refractivity contribution >= 4 is 17.5 Å². The van der Waals surface area contributed by atoms with Gasteiger partial charge in [-0.1, -0.05) is 54.5 Å². The van der Waals surface area contributed by atoms with E-state index < -0.39 is 16.2 Å². The SMILES string of the molecule is COC(=O)[C@]12CCC(C)(C)CC1C1C(=O)C[C@@H]3[C@@]4(C)C=C(C#N)C(=O)C(C)(C)[C@@H]4CC[C@@]3(C)[C@]1(C)CC2. The van der Waals surface area contributed by atoms with Crippen molar-refractivity contribution in [1.82, 2.24) is 0 Å². The van der Waals surface area contributed by atoms with E-state index >= 15 is 0 Å². The molecule has 8 atom stereocenters. The number of fused-ring (bicyclic) bond motifs is 7. The standard InChI is InChI=1S/C32H45NO4/c1-27(2)11-13-32(26(36)37-8)14-12-31(7)24(20(32)17-27)21(34)15-23-29(5)16-19(18-33)25(35)28(3,4)22(29)9-10-30(23,31)6/h16,20,22-24H,9-15,17H2,1-8H3/t20?,22-,23+,24?,29-,30+,31+,32-/m0/s1. The Morgan fingerprint density at radius 2 is 1.59 bits per heavy atom. The molecule has 0 saturated heterocycles. The van der Waals surface area contributed by atoms with E-state index in [0.717, 1.165) is 44.9 Å². The predicted molar refractivity (Wildman–Crippen MR) is 141 cm³/mol. The summed E-state index contributed by atoms with van der Waals surface area (Å²) in [4.78, 5) is 41.0. The minimum Gasteiger partial charge on any atom is -0.469 e. The Labute approximate surface area is 222 Å². The zero-order valence-electron chi connectivity index (χ0n) is 24.1. The first kappa shape index (κ1) is 26.6. The number of Topliss-reactive ketones (excluding diaryl/α,β-unsaturated/α-hetero) is 2. The molecule has 4 fully saturated rings. The number of esters is 1. The Hall–Kier alpha value is -1.96. The molecule has 0 spiro atoms. The number of nitrogens with zero attached hydrogens (tertiary/aromatic N) is 1. The van der Waals surface area contributed by atoms with Gasteiger partial charge in [-0.2, -0.15) is 5.26 Å². The van der Waals surface area contributed by atoms with Gasteiger partial charge in [-0.15, -0.1) is 0 Å². The van der Waals surface area contributed by atoms with Gasteiger partial charge >= 0.3 is 5.97 Å². The number of carbonyl (C=O) groups excluding carboxylic acids is 3. The van der Waals surface area contributed by atoms with E-state index in [-0.39, 0.29) is 63.0 Å². The summed E-state index contributed by atoms with van der Waals surface area (Å²) in [6.45, 7) is 15.5. The Morgan fingerprint density at radius 3 is 2.22 bits per heavy atom.